The summed E-state index contributed by atoms with van der Waals surface area (Å²) < 4.78 is 4.01. The molecule has 1 saturated heterocycles. The highest BCUT2D eigenvalue weighted by Gasteiger charge is 2.26. The fourth-order valence-corrected chi connectivity index (χ4v) is 3.03. The Bertz CT molecular complexity index is 382. The first-order valence-electron chi connectivity index (χ1n) is 6.79. The van der Waals surface area contributed by atoms with E-state index in [1.807, 2.05) is 7.05 Å². The lowest BCUT2D eigenvalue weighted by atomic mass is 10.2. The number of nitrogens with one attached hydrogen (secondary N) is 1. The molecule has 2 heterocycles. The lowest BCUT2D eigenvalue weighted by Gasteiger charge is -2.34. The van der Waals surface area contributed by atoms with Crippen LogP contribution in [0.15, 0.2) is 0 Å². The standard InChI is InChI=1S/C12H21N5S/c1-13-12-11(14-15-18-12)9-17-6-4-16(5-7-17)8-10-2-3-10/h10,13H,2-9H2,1H3. The van der Waals surface area contributed by atoms with Crippen LogP contribution in [-0.4, -0.2) is 59.2 Å². The van der Waals surface area contributed by atoms with Crippen LogP contribution in [0.1, 0.15) is 18.5 Å². The van der Waals surface area contributed by atoms with Crippen molar-refractivity contribution in [3.8, 4) is 0 Å². The van der Waals surface area contributed by atoms with Crippen LogP contribution >= 0.6 is 11.5 Å². The van der Waals surface area contributed by atoms with Gasteiger partial charge >= 0.3 is 0 Å². The molecule has 1 aliphatic carbocycles. The normalized spacial score (nSPS) is 22.3. The van der Waals surface area contributed by atoms with Gasteiger partial charge in [-0.25, -0.2) is 0 Å². The van der Waals surface area contributed by atoms with Crippen molar-refractivity contribution in [1.29, 1.82) is 0 Å². The summed E-state index contributed by atoms with van der Waals surface area (Å²) >= 11 is 1.45. The Balaban J connectivity index is 1.47. The molecule has 0 radical (unpaired) electrons. The van der Waals surface area contributed by atoms with Gasteiger partial charge in [-0.2, -0.15) is 0 Å². The fourth-order valence-electron chi connectivity index (χ4n) is 2.51. The Kier molecular flexibility index (Phi) is 3.77. The minimum atomic E-state index is 0.934. The lowest BCUT2D eigenvalue weighted by Crippen LogP contribution is -2.46. The second kappa shape index (κ2) is 5.50. The minimum Gasteiger partial charge on any atom is -0.377 e. The molecule has 2 fully saturated rings. The van der Waals surface area contributed by atoms with Gasteiger partial charge in [0.05, 0.1) is 0 Å². The van der Waals surface area contributed by atoms with Gasteiger partial charge < -0.3 is 10.2 Å². The van der Waals surface area contributed by atoms with Crippen LogP contribution in [-0.2, 0) is 6.54 Å². The van der Waals surface area contributed by atoms with Gasteiger partial charge in [-0.3, -0.25) is 4.90 Å². The summed E-state index contributed by atoms with van der Waals surface area (Å²) in [5.41, 5.74) is 1.10. The SMILES string of the molecule is CNc1snnc1CN1CCN(CC2CC2)CC1. The summed E-state index contributed by atoms with van der Waals surface area (Å²) in [5, 5.41) is 8.48. The van der Waals surface area contributed by atoms with E-state index < -0.39 is 0 Å². The third-order valence-electron chi connectivity index (χ3n) is 3.83. The van der Waals surface area contributed by atoms with Gasteiger partial charge in [0.15, 0.2) is 0 Å². The first kappa shape index (κ1) is 12.3. The molecule has 3 rings (SSSR count). The quantitative estimate of drug-likeness (QED) is 0.866. The zero-order valence-electron chi connectivity index (χ0n) is 10.9. The highest BCUT2D eigenvalue weighted by molar-refractivity contribution is 7.10. The van der Waals surface area contributed by atoms with Crippen molar-refractivity contribution in [2.45, 2.75) is 19.4 Å². The number of anilines is 1. The number of piperazine rings is 1. The number of aromatic nitrogens is 2. The van der Waals surface area contributed by atoms with Crippen molar-refractivity contribution >= 4 is 16.5 Å². The Labute approximate surface area is 112 Å². The largest absolute Gasteiger partial charge is 0.377 e. The molecule has 1 aromatic heterocycles. The van der Waals surface area contributed by atoms with Crippen LogP contribution in [0.2, 0.25) is 0 Å². The van der Waals surface area contributed by atoms with E-state index in [1.54, 1.807) is 0 Å². The van der Waals surface area contributed by atoms with Gasteiger partial charge in [0.2, 0.25) is 0 Å². The summed E-state index contributed by atoms with van der Waals surface area (Å²) in [5.74, 6) is 1.01. The first-order chi connectivity index (χ1) is 8.85. The lowest BCUT2D eigenvalue weighted by molar-refractivity contribution is 0.122. The van der Waals surface area contributed by atoms with Gasteiger partial charge in [0.1, 0.15) is 10.7 Å². The van der Waals surface area contributed by atoms with E-state index in [4.69, 9.17) is 0 Å². The Morgan fingerprint density at radius 2 is 1.94 bits per heavy atom. The van der Waals surface area contributed by atoms with Gasteiger partial charge in [-0.05, 0) is 18.8 Å². The molecule has 5 nitrogen and oxygen atoms in total. The topological polar surface area (TPSA) is 44.3 Å². The van der Waals surface area contributed by atoms with Gasteiger partial charge in [-0.15, -0.1) is 5.10 Å². The van der Waals surface area contributed by atoms with Crippen LogP contribution in [0, 0.1) is 5.92 Å². The molecular formula is C12H21N5S. The van der Waals surface area contributed by atoms with Crippen molar-refractivity contribution in [2.75, 3.05) is 45.1 Å². The van der Waals surface area contributed by atoms with E-state index in [2.05, 4.69) is 24.7 Å². The van der Waals surface area contributed by atoms with Crippen LogP contribution in [0.4, 0.5) is 5.00 Å². The molecule has 1 aromatic rings. The molecule has 0 amide bonds. The first-order valence-corrected chi connectivity index (χ1v) is 7.56. The zero-order chi connectivity index (χ0) is 12.4. The molecule has 6 heteroatoms. The molecule has 100 valence electrons. The molecule has 0 atom stereocenters. The molecule has 1 saturated carbocycles. The maximum atomic E-state index is 4.21. The van der Waals surface area contributed by atoms with Gasteiger partial charge in [-0.1, -0.05) is 4.49 Å². The van der Waals surface area contributed by atoms with E-state index in [0.717, 1.165) is 36.2 Å². The predicted molar refractivity (Wildman–Crippen MR) is 73.9 cm³/mol. The molecule has 2 aliphatic rings. The molecule has 0 unspecified atom stereocenters. The van der Waals surface area contributed by atoms with E-state index >= 15 is 0 Å². The van der Waals surface area contributed by atoms with E-state index in [-0.39, 0.29) is 0 Å². The third-order valence-corrected chi connectivity index (χ3v) is 4.62. The maximum Gasteiger partial charge on any atom is 0.134 e. The Morgan fingerprint density at radius 1 is 1.22 bits per heavy atom. The van der Waals surface area contributed by atoms with Crippen LogP contribution in [0.25, 0.3) is 0 Å². The van der Waals surface area contributed by atoms with Crippen molar-refractivity contribution in [3.63, 3.8) is 0 Å². The number of hydrogen-bond acceptors (Lipinski definition) is 6. The summed E-state index contributed by atoms with van der Waals surface area (Å²) in [7, 11) is 1.94. The van der Waals surface area contributed by atoms with Gasteiger partial charge in [0, 0.05) is 57.8 Å². The van der Waals surface area contributed by atoms with Crippen molar-refractivity contribution in [3.05, 3.63) is 5.69 Å². The monoisotopic (exact) mass is 267 g/mol. The van der Waals surface area contributed by atoms with Crippen LogP contribution in [0.3, 0.4) is 0 Å². The fraction of sp³-hybridized carbons (Fsp3) is 0.833. The van der Waals surface area contributed by atoms with Crippen molar-refractivity contribution in [2.24, 2.45) is 5.92 Å². The van der Waals surface area contributed by atoms with Crippen molar-refractivity contribution in [1.82, 2.24) is 19.4 Å². The van der Waals surface area contributed by atoms with Crippen molar-refractivity contribution < 1.29 is 0 Å². The maximum absolute atomic E-state index is 4.21. The summed E-state index contributed by atoms with van der Waals surface area (Å²) in [6.07, 6.45) is 2.91. The minimum absolute atomic E-state index is 0.934. The highest BCUT2D eigenvalue weighted by atomic mass is 32.1. The highest BCUT2D eigenvalue weighted by Crippen LogP contribution is 2.30. The molecule has 1 aliphatic heterocycles. The second-order valence-corrected chi connectivity index (χ2v) is 6.07. The van der Waals surface area contributed by atoms with E-state index in [1.165, 1.54) is 44.0 Å². The summed E-state index contributed by atoms with van der Waals surface area (Å²) in [6.45, 7) is 7.00. The van der Waals surface area contributed by atoms with E-state index in [0.29, 0.717) is 0 Å². The van der Waals surface area contributed by atoms with Crippen LogP contribution in [0.5, 0.6) is 0 Å². The Hall–Kier alpha value is -0.720. The molecule has 0 aromatic carbocycles. The summed E-state index contributed by atoms with van der Waals surface area (Å²) in [6, 6.07) is 0. The number of hydrogen-bond donors (Lipinski definition) is 1. The molecule has 18 heavy (non-hydrogen) atoms. The van der Waals surface area contributed by atoms with Crippen LogP contribution < -0.4 is 5.32 Å². The predicted octanol–water partition coefficient (Wildman–Crippen LogP) is 1.11. The second-order valence-electron chi connectivity index (χ2n) is 5.32. The van der Waals surface area contributed by atoms with Gasteiger partial charge in [0.25, 0.3) is 0 Å². The molecule has 1 N–H and O–H groups in total. The summed E-state index contributed by atoms with van der Waals surface area (Å²) in [4.78, 5) is 5.10. The molecule has 0 spiro atoms. The third kappa shape index (κ3) is 2.99. The Morgan fingerprint density at radius 3 is 2.61 bits per heavy atom. The zero-order valence-corrected chi connectivity index (χ0v) is 11.7. The number of rotatable bonds is 5. The number of nitrogens with zero attached hydrogens (tertiary/aromatic N) is 4. The average molecular weight is 267 g/mol. The molecular weight excluding hydrogens is 246 g/mol. The van der Waals surface area contributed by atoms with E-state index in [9.17, 15) is 0 Å². The average Bonchev–Trinajstić information content (AvgIpc) is 3.09. The molecule has 0 bridgehead atoms. The smallest absolute Gasteiger partial charge is 0.134 e.